The van der Waals surface area contributed by atoms with Crippen molar-refractivity contribution in [1.82, 2.24) is 5.32 Å². The van der Waals surface area contributed by atoms with Crippen molar-refractivity contribution < 1.29 is 28.5 Å². The van der Waals surface area contributed by atoms with Gasteiger partial charge in [0.1, 0.15) is 23.9 Å². The van der Waals surface area contributed by atoms with Crippen LogP contribution in [-0.4, -0.2) is 33.1 Å². The summed E-state index contributed by atoms with van der Waals surface area (Å²) in [6.45, 7) is 1.98. The Kier molecular flexibility index (Phi) is 7.91. The first kappa shape index (κ1) is 27.1. The Morgan fingerprint density at radius 3 is 2.25 bits per heavy atom. The maximum absolute atomic E-state index is 13.9. The van der Waals surface area contributed by atoms with Gasteiger partial charge in [-0.3, -0.25) is 4.79 Å². The Hall–Kier alpha value is -4.52. The highest BCUT2D eigenvalue weighted by molar-refractivity contribution is 6.04. The summed E-state index contributed by atoms with van der Waals surface area (Å²) >= 11 is 0. The predicted octanol–water partition coefficient (Wildman–Crippen LogP) is 5.82. The monoisotopic (exact) mass is 539 g/mol. The molecule has 0 fully saturated rings. The van der Waals surface area contributed by atoms with Crippen molar-refractivity contribution in [3.05, 3.63) is 112 Å². The first-order chi connectivity index (χ1) is 19.4. The second kappa shape index (κ2) is 11.7. The number of carbonyl (C=O) groups is 2. The number of rotatable bonds is 8. The lowest BCUT2D eigenvalue weighted by molar-refractivity contribution is -0.140. The number of methoxy groups -OCH3 is 3. The van der Waals surface area contributed by atoms with Crippen LogP contribution in [0.2, 0.25) is 0 Å². The fraction of sp³-hybridized carbons (Fsp3) is 0.273. The van der Waals surface area contributed by atoms with Crippen LogP contribution >= 0.6 is 0 Å². The summed E-state index contributed by atoms with van der Waals surface area (Å²) in [4.78, 5) is 27.6. The molecule has 0 amide bonds. The molecular formula is C33H33NO6. The molecule has 5 rings (SSSR count). The minimum atomic E-state index is -0.648. The SMILES string of the molecule is COc1ccc([C@H]2CC(=O)C3=C(C2)NC(C)=C(C(=O)OCc2ccccc2)[C@@H]3c2ccc(OC)cc2OC)cc1. The van der Waals surface area contributed by atoms with E-state index in [1.165, 1.54) is 0 Å². The van der Waals surface area contributed by atoms with E-state index >= 15 is 0 Å². The Bertz CT molecular complexity index is 1470. The Morgan fingerprint density at radius 2 is 1.57 bits per heavy atom. The summed E-state index contributed by atoms with van der Waals surface area (Å²) in [5.74, 6) is 0.779. The van der Waals surface area contributed by atoms with Crippen LogP contribution in [0.1, 0.15) is 48.3 Å². The van der Waals surface area contributed by atoms with E-state index in [1.807, 2.05) is 73.7 Å². The molecule has 40 heavy (non-hydrogen) atoms. The molecule has 1 aliphatic heterocycles. The van der Waals surface area contributed by atoms with E-state index in [0.717, 1.165) is 22.6 Å². The first-order valence-electron chi connectivity index (χ1n) is 13.2. The van der Waals surface area contributed by atoms with Crippen molar-refractivity contribution in [2.75, 3.05) is 21.3 Å². The van der Waals surface area contributed by atoms with Gasteiger partial charge in [0.2, 0.25) is 0 Å². The predicted molar refractivity (Wildman–Crippen MR) is 151 cm³/mol. The van der Waals surface area contributed by atoms with Crippen molar-refractivity contribution in [3.63, 3.8) is 0 Å². The second-order valence-electron chi connectivity index (χ2n) is 9.96. The number of allylic oxidation sites excluding steroid dienone is 3. The molecule has 2 atom stereocenters. The fourth-order valence-corrected chi connectivity index (χ4v) is 5.59. The van der Waals surface area contributed by atoms with Crippen LogP contribution in [0.3, 0.4) is 0 Å². The summed E-state index contributed by atoms with van der Waals surface area (Å²) in [5.41, 5.74) is 5.10. The van der Waals surface area contributed by atoms with E-state index < -0.39 is 11.9 Å². The molecule has 1 heterocycles. The van der Waals surface area contributed by atoms with Crippen molar-refractivity contribution in [1.29, 1.82) is 0 Å². The van der Waals surface area contributed by atoms with Gasteiger partial charge in [0.25, 0.3) is 0 Å². The summed E-state index contributed by atoms with van der Waals surface area (Å²) in [5, 5.41) is 3.41. The van der Waals surface area contributed by atoms with Gasteiger partial charge in [0.05, 0.1) is 32.8 Å². The van der Waals surface area contributed by atoms with Crippen molar-refractivity contribution in [2.24, 2.45) is 0 Å². The zero-order chi connectivity index (χ0) is 28.2. The molecule has 7 nitrogen and oxygen atoms in total. The third kappa shape index (κ3) is 5.32. The van der Waals surface area contributed by atoms with Gasteiger partial charge in [-0.2, -0.15) is 0 Å². The van der Waals surface area contributed by atoms with E-state index in [4.69, 9.17) is 18.9 Å². The lowest BCUT2D eigenvalue weighted by Crippen LogP contribution is -2.36. The van der Waals surface area contributed by atoms with Gasteiger partial charge in [0, 0.05) is 35.0 Å². The maximum Gasteiger partial charge on any atom is 0.337 e. The third-order valence-corrected chi connectivity index (χ3v) is 7.60. The van der Waals surface area contributed by atoms with Gasteiger partial charge in [-0.05, 0) is 48.6 Å². The largest absolute Gasteiger partial charge is 0.497 e. The minimum absolute atomic E-state index is 0.00227. The zero-order valence-electron chi connectivity index (χ0n) is 23.2. The van der Waals surface area contributed by atoms with Gasteiger partial charge in [-0.25, -0.2) is 4.79 Å². The molecule has 0 spiro atoms. The Morgan fingerprint density at radius 1 is 0.875 bits per heavy atom. The van der Waals surface area contributed by atoms with Crippen LogP contribution in [0.25, 0.3) is 0 Å². The normalized spacial score (nSPS) is 18.6. The number of carbonyl (C=O) groups excluding carboxylic acids is 2. The van der Waals surface area contributed by atoms with Crippen molar-refractivity contribution in [3.8, 4) is 17.2 Å². The van der Waals surface area contributed by atoms with Crippen LogP contribution in [0.4, 0.5) is 0 Å². The molecule has 0 bridgehead atoms. The maximum atomic E-state index is 13.9. The summed E-state index contributed by atoms with van der Waals surface area (Å²) in [6, 6.07) is 22.8. The topological polar surface area (TPSA) is 83.1 Å². The summed E-state index contributed by atoms with van der Waals surface area (Å²) in [6.07, 6.45) is 0.958. The van der Waals surface area contributed by atoms with E-state index in [2.05, 4.69) is 5.32 Å². The van der Waals surface area contributed by atoms with Crippen LogP contribution in [0.5, 0.6) is 17.2 Å². The number of hydrogen-bond acceptors (Lipinski definition) is 7. The molecule has 7 heteroatoms. The average Bonchev–Trinajstić information content (AvgIpc) is 2.99. The molecule has 3 aromatic carbocycles. The second-order valence-corrected chi connectivity index (χ2v) is 9.96. The minimum Gasteiger partial charge on any atom is -0.497 e. The highest BCUT2D eigenvalue weighted by Gasteiger charge is 2.42. The van der Waals surface area contributed by atoms with Crippen molar-refractivity contribution >= 4 is 11.8 Å². The van der Waals surface area contributed by atoms with E-state index in [0.29, 0.717) is 46.7 Å². The van der Waals surface area contributed by atoms with E-state index in [1.54, 1.807) is 27.4 Å². The van der Waals surface area contributed by atoms with E-state index in [9.17, 15) is 9.59 Å². The highest BCUT2D eigenvalue weighted by atomic mass is 16.5. The molecule has 0 saturated carbocycles. The van der Waals surface area contributed by atoms with Gasteiger partial charge in [-0.1, -0.05) is 48.5 Å². The molecule has 0 aromatic heterocycles. The van der Waals surface area contributed by atoms with Gasteiger partial charge in [-0.15, -0.1) is 0 Å². The molecule has 0 unspecified atom stereocenters. The lowest BCUT2D eigenvalue weighted by atomic mass is 9.71. The molecule has 2 aliphatic rings. The summed E-state index contributed by atoms with van der Waals surface area (Å²) < 4.78 is 22.2. The number of esters is 1. The first-order valence-corrected chi connectivity index (χ1v) is 13.2. The number of nitrogens with one attached hydrogen (secondary N) is 1. The molecule has 3 aromatic rings. The molecule has 0 saturated heterocycles. The number of benzene rings is 3. The zero-order valence-corrected chi connectivity index (χ0v) is 23.2. The Balaban J connectivity index is 1.55. The summed E-state index contributed by atoms with van der Waals surface area (Å²) in [7, 11) is 4.79. The van der Waals surface area contributed by atoms with Gasteiger partial charge >= 0.3 is 5.97 Å². The molecule has 0 radical (unpaired) electrons. The number of dihydropyridines is 1. The third-order valence-electron chi connectivity index (χ3n) is 7.60. The number of ether oxygens (including phenoxy) is 4. The molecule has 206 valence electrons. The highest BCUT2D eigenvalue weighted by Crippen LogP contribution is 2.48. The van der Waals surface area contributed by atoms with Gasteiger partial charge < -0.3 is 24.3 Å². The van der Waals surface area contributed by atoms with Crippen LogP contribution in [0, 0.1) is 0 Å². The van der Waals surface area contributed by atoms with Crippen LogP contribution < -0.4 is 19.5 Å². The number of hydrogen-bond donors (Lipinski definition) is 1. The number of ketones is 1. The smallest absolute Gasteiger partial charge is 0.337 e. The lowest BCUT2D eigenvalue weighted by Gasteiger charge is -2.37. The van der Waals surface area contributed by atoms with E-state index in [-0.39, 0.29) is 18.3 Å². The van der Waals surface area contributed by atoms with Crippen LogP contribution in [-0.2, 0) is 20.9 Å². The van der Waals surface area contributed by atoms with Gasteiger partial charge in [0.15, 0.2) is 5.78 Å². The average molecular weight is 540 g/mol. The quantitative estimate of drug-likeness (QED) is 0.361. The Labute approximate surface area is 234 Å². The molecule has 1 N–H and O–H groups in total. The number of Topliss-reactive ketones (excluding diaryl/α,β-unsaturated/α-hetero) is 1. The fourth-order valence-electron chi connectivity index (χ4n) is 5.59. The molecular weight excluding hydrogens is 506 g/mol. The van der Waals surface area contributed by atoms with Crippen LogP contribution in [0.15, 0.2) is 95.3 Å². The molecule has 1 aliphatic carbocycles. The van der Waals surface area contributed by atoms with Crippen molar-refractivity contribution in [2.45, 2.75) is 38.2 Å². The standard InChI is InChI=1S/C33H33NO6/c1-20-30(33(36)40-19-21-8-6-5-7-9-21)31(26-15-14-25(38-3)18-29(26)39-4)32-27(34-20)16-23(17-28(32)35)22-10-12-24(37-2)13-11-22/h5-15,18,23,31,34H,16-17,19H2,1-4H3/t23-,31+/m1/s1.